The molecule has 1 rings (SSSR count). The first-order chi connectivity index (χ1) is 8.65. The summed E-state index contributed by atoms with van der Waals surface area (Å²) in [6.07, 6.45) is 1.05. The van der Waals surface area contributed by atoms with E-state index in [1.54, 1.807) is 12.1 Å². The van der Waals surface area contributed by atoms with Gasteiger partial charge in [-0.05, 0) is 45.9 Å². The van der Waals surface area contributed by atoms with Gasteiger partial charge in [-0.2, -0.15) is 0 Å². The third-order valence-electron chi connectivity index (χ3n) is 3.27. The molecule has 0 aliphatic carbocycles. The van der Waals surface area contributed by atoms with Crippen LogP contribution in [0.4, 0.5) is 10.1 Å². The van der Waals surface area contributed by atoms with Crippen molar-refractivity contribution < 1.29 is 4.39 Å². The van der Waals surface area contributed by atoms with Crippen LogP contribution in [0.25, 0.3) is 0 Å². The number of hydrogen-bond acceptors (Lipinski definition) is 2. The Hall–Kier alpha value is -1.09. The number of halogens is 1. The summed E-state index contributed by atoms with van der Waals surface area (Å²) >= 11 is 0. The molecule has 0 amide bonds. The standard InChI is InChI=1S/C15H25FN2/c1-5-11-17-12(4)15-13(16)9-8-10-14(15)18(6-2)7-3/h8-10,12,17H,5-7,11H2,1-4H3. The Balaban J connectivity index is 3.06. The summed E-state index contributed by atoms with van der Waals surface area (Å²) in [6.45, 7) is 11.0. The molecule has 1 atom stereocenters. The van der Waals surface area contributed by atoms with E-state index in [9.17, 15) is 4.39 Å². The summed E-state index contributed by atoms with van der Waals surface area (Å²) in [6, 6.07) is 5.39. The van der Waals surface area contributed by atoms with E-state index in [1.807, 2.05) is 13.0 Å². The van der Waals surface area contributed by atoms with E-state index in [2.05, 4.69) is 31.0 Å². The monoisotopic (exact) mass is 252 g/mol. The second kappa shape index (κ2) is 7.37. The second-order valence-corrected chi connectivity index (χ2v) is 4.52. The van der Waals surface area contributed by atoms with Gasteiger partial charge in [0.1, 0.15) is 5.82 Å². The Bertz CT molecular complexity index is 362. The van der Waals surface area contributed by atoms with Crippen LogP contribution < -0.4 is 10.2 Å². The average Bonchev–Trinajstić information content (AvgIpc) is 2.37. The summed E-state index contributed by atoms with van der Waals surface area (Å²) in [5.74, 6) is -0.115. The van der Waals surface area contributed by atoms with Crippen LogP contribution in [0.2, 0.25) is 0 Å². The molecule has 1 unspecified atom stereocenters. The highest BCUT2D eigenvalue weighted by atomic mass is 19.1. The number of benzene rings is 1. The third kappa shape index (κ3) is 3.45. The zero-order chi connectivity index (χ0) is 13.5. The van der Waals surface area contributed by atoms with E-state index >= 15 is 0 Å². The van der Waals surface area contributed by atoms with Gasteiger partial charge >= 0.3 is 0 Å². The molecule has 3 heteroatoms. The van der Waals surface area contributed by atoms with Crippen molar-refractivity contribution >= 4 is 5.69 Å². The van der Waals surface area contributed by atoms with E-state index in [1.165, 1.54) is 0 Å². The molecule has 0 saturated carbocycles. The van der Waals surface area contributed by atoms with Crippen LogP contribution in [0, 0.1) is 5.82 Å². The second-order valence-electron chi connectivity index (χ2n) is 4.52. The first-order valence-corrected chi connectivity index (χ1v) is 6.92. The molecule has 1 N–H and O–H groups in total. The zero-order valence-corrected chi connectivity index (χ0v) is 12.0. The molecule has 18 heavy (non-hydrogen) atoms. The number of nitrogens with one attached hydrogen (secondary N) is 1. The fraction of sp³-hybridized carbons (Fsp3) is 0.600. The van der Waals surface area contributed by atoms with Gasteiger partial charge in [-0.1, -0.05) is 13.0 Å². The average molecular weight is 252 g/mol. The first-order valence-electron chi connectivity index (χ1n) is 6.92. The van der Waals surface area contributed by atoms with Gasteiger partial charge in [0, 0.05) is 30.4 Å². The molecule has 0 bridgehead atoms. The topological polar surface area (TPSA) is 15.3 Å². The van der Waals surface area contributed by atoms with Crippen LogP contribution >= 0.6 is 0 Å². The lowest BCUT2D eigenvalue weighted by Gasteiger charge is -2.27. The summed E-state index contributed by atoms with van der Waals surface area (Å²) in [5.41, 5.74) is 1.80. The normalized spacial score (nSPS) is 12.5. The molecule has 0 fully saturated rings. The molecule has 0 spiro atoms. The molecule has 102 valence electrons. The van der Waals surface area contributed by atoms with Gasteiger partial charge in [-0.25, -0.2) is 4.39 Å². The molecule has 1 aromatic carbocycles. The fourth-order valence-electron chi connectivity index (χ4n) is 2.26. The van der Waals surface area contributed by atoms with Crippen LogP contribution in [0.15, 0.2) is 18.2 Å². The lowest BCUT2D eigenvalue weighted by Crippen LogP contribution is -2.27. The van der Waals surface area contributed by atoms with Crippen molar-refractivity contribution in [3.63, 3.8) is 0 Å². The molecule has 0 aromatic heterocycles. The Morgan fingerprint density at radius 1 is 1.22 bits per heavy atom. The van der Waals surface area contributed by atoms with Crippen molar-refractivity contribution in [3.8, 4) is 0 Å². The van der Waals surface area contributed by atoms with Crippen LogP contribution in [0.1, 0.15) is 45.7 Å². The predicted octanol–water partition coefficient (Wildman–Crippen LogP) is 3.73. The molecule has 1 aromatic rings. The third-order valence-corrected chi connectivity index (χ3v) is 3.27. The highest BCUT2D eigenvalue weighted by molar-refractivity contribution is 5.55. The van der Waals surface area contributed by atoms with Crippen LogP contribution in [-0.2, 0) is 0 Å². The molecular weight excluding hydrogens is 227 g/mol. The number of anilines is 1. The number of rotatable bonds is 7. The first kappa shape index (κ1) is 15.0. The summed E-state index contributed by atoms with van der Waals surface area (Å²) in [4.78, 5) is 2.20. The molecule has 0 radical (unpaired) electrons. The Morgan fingerprint density at radius 3 is 2.44 bits per heavy atom. The van der Waals surface area contributed by atoms with E-state index in [0.717, 1.165) is 37.3 Å². The predicted molar refractivity (Wildman–Crippen MR) is 76.7 cm³/mol. The van der Waals surface area contributed by atoms with E-state index in [-0.39, 0.29) is 11.9 Å². The van der Waals surface area contributed by atoms with Gasteiger partial charge in [-0.3, -0.25) is 0 Å². The van der Waals surface area contributed by atoms with E-state index < -0.39 is 0 Å². The SMILES string of the molecule is CCCNC(C)c1c(F)cccc1N(CC)CC. The zero-order valence-electron chi connectivity index (χ0n) is 12.0. The van der Waals surface area contributed by atoms with Crippen molar-refractivity contribution in [1.29, 1.82) is 0 Å². The van der Waals surface area contributed by atoms with Gasteiger partial charge < -0.3 is 10.2 Å². The fourth-order valence-corrected chi connectivity index (χ4v) is 2.26. The summed E-state index contributed by atoms with van der Waals surface area (Å²) in [7, 11) is 0. The molecule has 0 aliphatic heterocycles. The van der Waals surface area contributed by atoms with Crippen molar-refractivity contribution in [2.24, 2.45) is 0 Å². The lowest BCUT2D eigenvalue weighted by atomic mass is 10.0. The highest BCUT2D eigenvalue weighted by Crippen LogP contribution is 2.28. The lowest BCUT2D eigenvalue weighted by molar-refractivity contribution is 0.526. The maximum absolute atomic E-state index is 14.1. The van der Waals surface area contributed by atoms with Crippen molar-refractivity contribution in [2.75, 3.05) is 24.5 Å². The van der Waals surface area contributed by atoms with Gasteiger partial charge in [-0.15, -0.1) is 0 Å². The highest BCUT2D eigenvalue weighted by Gasteiger charge is 2.17. The Kier molecular flexibility index (Phi) is 6.13. The van der Waals surface area contributed by atoms with Crippen molar-refractivity contribution in [1.82, 2.24) is 5.32 Å². The van der Waals surface area contributed by atoms with Crippen LogP contribution in [0.5, 0.6) is 0 Å². The minimum absolute atomic E-state index is 0.0433. The van der Waals surface area contributed by atoms with E-state index in [0.29, 0.717) is 0 Å². The maximum atomic E-state index is 14.1. The number of nitrogens with zero attached hydrogens (tertiary/aromatic N) is 1. The summed E-state index contributed by atoms with van der Waals surface area (Å²) < 4.78 is 14.1. The van der Waals surface area contributed by atoms with Gasteiger partial charge in [0.15, 0.2) is 0 Å². The number of hydrogen-bond donors (Lipinski definition) is 1. The van der Waals surface area contributed by atoms with Crippen LogP contribution in [-0.4, -0.2) is 19.6 Å². The Labute approximate surface area is 110 Å². The summed E-state index contributed by atoms with van der Waals surface area (Å²) in [5, 5.41) is 3.37. The van der Waals surface area contributed by atoms with Crippen molar-refractivity contribution in [3.05, 3.63) is 29.6 Å². The van der Waals surface area contributed by atoms with Gasteiger partial charge in [0.25, 0.3) is 0 Å². The molecule has 2 nitrogen and oxygen atoms in total. The molecule has 0 heterocycles. The van der Waals surface area contributed by atoms with E-state index in [4.69, 9.17) is 0 Å². The van der Waals surface area contributed by atoms with Gasteiger partial charge in [0.2, 0.25) is 0 Å². The van der Waals surface area contributed by atoms with Crippen molar-refractivity contribution in [2.45, 2.75) is 40.2 Å². The minimum atomic E-state index is -0.115. The van der Waals surface area contributed by atoms with Crippen LogP contribution in [0.3, 0.4) is 0 Å². The molecule has 0 aliphatic rings. The minimum Gasteiger partial charge on any atom is -0.372 e. The largest absolute Gasteiger partial charge is 0.372 e. The molecular formula is C15H25FN2. The van der Waals surface area contributed by atoms with Gasteiger partial charge in [0.05, 0.1) is 0 Å². The smallest absolute Gasteiger partial charge is 0.130 e. The quantitative estimate of drug-likeness (QED) is 0.795. The Morgan fingerprint density at radius 2 is 1.89 bits per heavy atom. The maximum Gasteiger partial charge on any atom is 0.130 e. The molecule has 0 saturated heterocycles.